The third kappa shape index (κ3) is 3.83. The number of rotatable bonds is 3. The molecule has 0 radical (unpaired) electrons. The Balaban J connectivity index is 1.45. The van der Waals surface area contributed by atoms with Crippen molar-refractivity contribution in [3.63, 3.8) is 0 Å². The van der Waals surface area contributed by atoms with Gasteiger partial charge in [-0.15, -0.1) is 0 Å². The van der Waals surface area contributed by atoms with Gasteiger partial charge < -0.3 is 0 Å². The van der Waals surface area contributed by atoms with E-state index in [0.717, 1.165) is 22.2 Å². The second-order valence-electron chi connectivity index (χ2n) is 16.2. The number of fused-ring (bicyclic) bond motifs is 8. The zero-order valence-electron chi connectivity index (χ0n) is 29.7. The van der Waals surface area contributed by atoms with Crippen molar-refractivity contribution in [3.8, 4) is 39.9 Å². The van der Waals surface area contributed by atoms with Gasteiger partial charge in [0, 0.05) is 27.3 Å². The van der Waals surface area contributed by atoms with E-state index in [-0.39, 0.29) is 21.7 Å². The highest BCUT2D eigenvalue weighted by atomic mass is 15.2. The van der Waals surface area contributed by atoms with E-state index in [0.29, 0.717) is 17.6 Å². The van der Waals surface area contributed by atoms with Crippen LogP contribution >= 0.6 is 0 Å². The lowest BCUT2D eigenvalue weighted by atomic mass is 9.59. The molecule has 0 fully saturated rings. The molecule has 4 nitrogen and oxygen atoms in total. The highest BCUT2D eigenvalue weighted by Gasteiger charge is 2.57. The third-order valence-electron chi connectivity index (χ3n) is 12.9. The highest BCUT2D eigenvalue weighted by Crippen LogP contribution is 2.63. The Morgan fingerprint density at radius 2 is 1.04 bits per heavy atom. The summed E-state index contributed by atoms with van der Waals surface area (Å²) in [5.74, 6) is 1.96. The Labute approximate surface area is 288 Å². The van der Waals surface area contributed by atoms with E-state index in [9.17, 15) is 0 Å². The Morgan fingerprint density at radius 1 is 0.490 bits per heavy atom. The molecule has 0 N–H and O–H groups in total. The molecule has 0 spiro atoms. The minimum atomic E-state index is -0.179. The summed E-state index contributed by atoms with van der Waals surface area (Å²) in [4.78, 5) is 15.6. The molecule has 0 unspecified atom stereocenters. The van der Waals surface area contributed by atoms with E-state index < -0.39 is 0 Å². The predicted octanol–water partition coefficient (Wildman–Crippen LogP) is 11.2. The molecular weight excluding hydrogens is 597 g/mol. The van der Waals surface area contributed by atoms with Crippen LogP contribution in [0.1, 0.15) is 77.6 Å². The lowest BCUT2D eigenvalue weighted by Gasteiger charge is -2.44. The normalized spacial score (nSPS) is 17.6. The second-order valence-corrected chi connectivity index (χ2v) is 16.2. The fraction of sp³-hybridized carbons (Fsp3) is 0.267. The molecule has 7 aromatic rings. The van der Waals surface area contributed by atoms with Crippen LogP contribution in [-0.4, -0.2) is 19.5 Å². The molecule has 2 aliphatic carbocycles. The largest absolute Gasteiger partial charge is 0.278 e. The summed E-state index contributed by atoms with van der Waals surface area (Å²) >= 11 is 0. The number of hydrogen-bond donors (Lipinski definition) is 0. The molecule has 2 aromatic heterocycles. The summed E-state index contributed by atoms with van der Waals surface area (Å²) in [7, 11) is 0. The van der Waals surface area contributed by atoms with Crippen molar-refractivity contribution >= 4 is 21.8 Å². The minimum absolute atomic E-state index is 0.0288. The zero-order valence-corrected chi connectivity index (χ0v) is 29.7. The summed E-state index contributed by atoms with van der Waals surface area (Å²) in [6.07, 6.45) is 0. The van der Waals surface area contributed by atoms with Crippen LogP contribution in [0.25, 0.3) is 61.7 Å². The predicted molar refractivity (Wildman–Crippen MR) is 202 cm³/mol. The monoisotopic (exact) mass is 638 g/mol. The van der Waals surface area contributed by atoms with Gasteiger partial charge in [-0.2, -0.15) is 9.97 Å². The van der Waals surface area contributed by atoms with Crippen molar-refractivity contribution in [2.45, 2.75) is 71.6 Å². The number of nitrogens with zero attached hydrogens (tertiary/aromatic N) is 4. The van der Waals surface area contributed by atoms with E-state index in [4.69, 9.17) is 15.0 Å². The van der Waals surface area contributed by atoms with Gasteiger partial charge in [-0.1, -0.05) is 146 Å². The van der Waals surface area contributed by atoms with Crippen molar-refractivity contribution in [1.82, 2.24) is 19.5 Å². The summed E-state index contributed by atoms with van der Waals surface area (Å²) in [6.45, 7) is 19.3. The maximum Gasteiger partial charge on any atom is 0.238 e. The van der Waals surface area contributed by atoms with Crippen LogP contribution in [0.3, 0.4) is 0 Å². The van der Waals surface area contributed by atoms with Crippen LogP contribution in [0.5, 0.6) is 0 Å². The smallest absolute Gasteiger partial charge is 0.238 e. The SMILES string of the molecule is CC1(C)c2ccccc2-c2ccc3c(c21)c1cc2c(cc1n3-c1nc(-c3ccccc3)nc(-c3ccccc3)n1)C(C)(C)C(C)(C)C2(C)C. The van der Waals surface area contributed by atoms with Crippen molar-refractivity contribution in [2.75, 3.05) is 0 Å². The van der Waals surface area contributed by atoms with E-state index in [1.165, 1.54) is 44.2 Å². The van der Waals surface area contributed by atoms with Crippen LogP contribution in [-0.2, 0) is 16.2 Å². The van der Waals surface area contributed by atoms with Gasteiger partial charge in [0.15, 0.2) is 11.6 Å². The molecule has 0 saturated carbocycles. The van der Waals surface area contributed by atoms with Crippen LogP contribution in [0.4, 0.5) is 0 Å². The van der Waals surface area contributed by atoms with Gasteiger partial charge in [-0.3, -0.25) is 4.57 Å². The molecule has 49 heavy (non-hydrogen) atoms. The van der Waals surface area contributed by atoms with Crippen LogP contribution < -0.4 is 0 Å². The van der Waals surface area contributed by atoms with Crippen molar-refractivity contribution in [2.24, 2.45) is 5.41 Å². The number of hydrogen-bond acceptors (Lipinski definition) is 3. The zero-order chi connectivity index (χ0) is 34.1. The molecule has 2 heterocycles. The first-order valence-electron chi connectivity index (χ1n) is 17.5. The first-order valence-corrected chi connectivity index (χ1v) is 17.5. The first kappa shape index (κ1) is 30.0. The summed E-state index contributed by atoms with van der Waals surface area (Å²) in [5, 5.41) is 2.55. The summed E-state index contributed by atoms with van der Waals surface area (Å²) in [6, 6.07) is 39.1. The molecule has 9 rings (SSSR count). The maximum atomic E-state index is 5.27. The van der Waals surface area contributed by atoms with Crippen molar-refractivity contribution < 1.29 is 0 Å². The number of aromatic nitrogens is 4. The quantitative estimate of drug-likeness (QED) is 0.193. The first-order chi connectivity index (χ1) is 23.3. The Morgan fingerprint density at radius 3 is 1.65 bits per heavy atom. The molecule has 0 amide bonds. The average molecular weight is 639 g/mol. The molecule has 242 valence electrons. The highest BCUT2D eigenvalue weighted by molar-refractivity contribution is 6.14. The fourth-order valence-electron chi connectivity index (χ4n) is 9.03. The van der Waals surface area contributed by atoms with E-state index in [1.807, 2.05) is 36.4 Å². The second kappa shape index (κ2) is 9.75. The minimum Gasteiger partial charge on any atom is -0.278 e. The van der Waals surface area contributed by atoms with Crippen LogP contribution in [0.2, 0.25) is 0 Å². The Hall–Kier alpha value is -5.09. The van der Waals surface area contributed by atoms with Gasteiger partial charge in [0.2, 0.25) is 5.95 Å². The molecule has 5 aromatic carbocycles. The lowest BCUT2D eigenvalue weighted by molar-refractivity contribution is 0.125. The molecule has 0 bridgehead atoms. The molecular formula is C45H42N4. The Kier molecular flexibility index (Phi) is 5.97. The molecule has 0 saturated heterocycles. The van der Waals surface area contributed by atoms with Gasteiger partial charge in [0.25, 0.3) is 0 Å². The Bertz CT molecular complexity index is 2420. The van der Waals surface area contributed by atoms with Gasteiger partial charge in [0.05, 0.1) is 11.0 Å². The van der Waals surface area contributed by atoms with E-state index >= 15 is 0 Å². The van der Waals surface area contributed by atoms with Gasteiger partial charge in [-0.25, -0.2) is 4.98 Å². The topological polar surface area (TPSA) is 43.6 Å². The maximum absolute atomic E-state index is 5.27. The van der Waals surface area contributed by atoms with Crippen molar-refractivity contribution in [3.05, 3.63) is 131 Å². The summed E-state index contributed by atoms with van der Waals surface area (Å²) in [5.41, 5.74) is 12.2. The molecule has 0 aliphatic heterocycles. The van der Waals surface area contributed by atoms with Crippen molar-refractivity contribution in [1.29, 1.82) is 0 Å². The van der Waals surface area contributed by atoms with E-state index in [1.54, 1.807) is 0 Å². The van der Waals surface area contributed by atoms with Gasteiger partial charge in [0.1, 0.15) is 0 Å². The fourth-order valence-corrected chi connectivity index (χ4v) is 9.03. The van der Waals surface area contributed by atoms with Crippen LogP contribution in [0, 0.1) is 5.41 Å². The number of benzene rings is 5. The third-order valence-corrected chi connectivity index (χ3v) is 12.9. The van der Waals surface area contributed by atoms with Gasteiger partial charge >= 0.3 is 0 Å². The average Bonchev–Trinajstić information content (AvgIpc) is 3.59. The standard InChI is InChI=1S/C45H42N4/c1-42(2)32-22-16-15-21-29(32)30-23-24-35-37(38(30)42)31-25-33-34(44(5,6)45(7,8)43(33,3)4)26-36(31)49(35)41-47-39(27-17-11-9-12-18-27)46-40(48-41)28-19-13-10-14-20-28/h9-26H,1-8H3. The summed E-state index contributed by atoms with van der Waals surface area (Å²) < 4.78 is 2.32. The van der Waals surface area contributed by atoms with Crippen LogP contribution in [0.15, 0.2) is 109 Å². The molecule has 4 heteroatoms. The molecule has 2 aliphatic rings. The van der Waals surface area contributed by atoms with E-state index in [2.05, 4.69) is 133 Å². The van der Waals surface area contributed by atoms with Gasteiger partial charge in [-0.05, 0) is 67.8 Å². The lowest BCUT2D eigenvalue weighted by Crippen LogP contribution is -2.42. The molecule has 0 atom stereocenters.